The molecule has 1 saturated carbocycles. The van der Waals surface area contributed by atoms with Gasteiger partial charge in [-0.25, -0.2) is 0 Å². The second kappa shape index (κ2) is 8.23. The smallest absolute Gasteiger partial charge is 0.254 e. The lowest BCUT2D eigenvalue weighted by atomic mass is 9.53. The molecule has 1 spiro atoms. The average Bonchev–Trinajstić information content (AvgIpc) is 3.58. The molecule has 2 aliphatic carbocycles. The summed E-state index contributed by atoms with van der Waals surface area (Å²) in [5, 5.41) is 37.3. The minimum Gasteiger partial charge on any atom is -0.508 e. The van der Waals surface area contributed by atoms with Crippen LogP contribution in [0.3, 0.4) is 0 Å². The summed E-state index contributed by atoms with van der Waals surface area (Å²) >= 11 is 3.43. The van der Waals surface area contributed by atoms with Gasteiger partial charge in [-0.2, -0.15) is 0 Å². The number of benzene rings is 2. The van der Waals surface area contributed by atoms with E-state index in [-0.39, 0.29) is 23.1 Å². The number of fused-ring (bicyclic) bond motifs is 1. The number of hydrogen-bond donors (Lipinski definition) is 4. The molecular weight excluding hydrogens is 524 g/mol. The van der Waals surface area contributed by atoms with Gasteiger partial charge in [0.1, 0.15) is 5.76 Å². The summed E-state index contributed by atoms with van der Waals surface area (Å²) in [5.74, 6) is 0.278. The summed E-state index contributed by atoms with van der Waals surface area (Å²) < 4.78 is 7.01. The average molecular weight is 555 g/mol. The first-order chi connectivity index (χ1) is 17.1. The molecule has 1 saturated heterocycles. The molecule has 2 fully saturated rings. The second-order valence-corrected chi connectivity index (χ2v) is 11.8. The maximum absolute atomic E-state index is 13.2. The lowest BCUT2D eigenvalue weighted by molar-refractivity contribution is -0.153. The number of phenolic OH excluding ortho intramolecular Hbond substituents is 1. The Morgan fingerprint density at radius 2 is 2.00 bits per heavy atom. The molecule has 2 bridgehead atoms. The van der Waals surface area contributed by atoms with Crippen molar-refractivity contribution in [3.63, 3.8) is 0 Å². The normalized spacial score (nSPS) is 31.3. The zero-order valence-electron chi connectivity index (χ0n) is 20.4. The molecule has 2 aliphatic heterocycles. The highest BCUT2D eigenvalue weighted by Crippen LogP contribution is 2.63. The van der Waals surface area contributed by atoms with E-state index in [0.717, 1.165) is 28.7 Å². The van der Waals surface area contributed by atoms with Gasteiger partial charge in [-0.3, -0.25) is 9.69 Å². The lowest BCUT2D eigenvalue weighted by Crippen LogP contribution is -2.73. The van der Waals surface area contributed by atoms with E-state index in [2.05, 4.69) is 26.1 Å². The van der Waals surface area contributed by atoms with Crippen molar-refractivity contribution in [1.29, 1.82) is 0 Å². The van der Waals surface area contributed by atoms with E-state index < -0.39 is 23.0 Å². The molecule has 6 rings (SSSR count). The number of amides is 1. The predicted octanol–water partition coefficient (Wildman–Crippen LogP) is 4.42. The van der Waals surface area contributed by atoms with Crippen molar-refractivity contribution in [3.8, 4) is 11.5 Å². The molecule has 2 aromatic rings. The number of rotatable bonds is 5. The molecule has 2 heterocycles. The Hall–Kier alpha value is -2.55. The number of anilines is 1. The maximum atomic E-state index is 13.2. The number of nitrogens with one attached hydrogen (secondary N) is 1. The Morgan fingerprint density at radius 3 is 2.72 bits per heavy atom. The van der Waals surface area contributed by atoms with Gasteiger partial charge in [0, 0.05) is 22.6 Å². The molecule has 7 nitrogen and oxygen atoms in total. The fourth-order valence-electron chi connectivity index (χ4n) is 6.66. The number of hydrogen-bond acceptors (Lipinski definition) is 6. The molecule has 4 aliphatic rings. The van der Waals surface area contributed by atoms with Gasteiger partial charge < -0.3 is 25.4 Å². The number of aromatic hydroxyl groups is 1. The summed E-state index contributed by atoms with van der Waals surface area (Å²) in [6.07, 6.45) is 2.65. The Labute approximate surface area is 218 Å². The molecule has 36 heavy (non-hydrogen) atoms. The number of phenols is 1. The van der Waals surface area contributed by atoms with Crippen LogP contribution in [0, 0.1) is 5.92 Å². The van der Waals surface area contributed by atoms with Crippen LogP contribution in [0.25, 0.3) is 0 Å². The lowest BCUT2D eigenvalue weighted by Gasteiger charge is -2.59. The zero-order chi connectivity index (χ0) is 25.4. The van der Waals surface area contributed by atoms with Crippen molar-refractivity contribution in [2.45, 2.75) is 62.7 Å². The molecule has 0 unspecified atom stereocenters. The van der Waals surface area contributed by atoms with E-state index in [1.165, 1.54) is 12.8 Å². The van der Waals surface area contributed by atoms with Gasteiger partial charge >= 0.3 is 0 Å². The summed E-state index contributed by atoms with van der Waals surface area (Å²) in [4.78, 5) is 15.6. The predicted molar refractivity (Wildman–Crippen MR) is 139 cm³/mol. The standard InChI is InChI=1S/C28H31BrN2O5/c1-15(26(34)30-19-6-4-3-5-18(19)29)23(33)25-28-11-12-31(14-16-7-8-16)21(27(28,2)35)13-17-9-10-20(32)24(36-25)22(17)28/h3-6,9-10,16,21,25,32-33,35H,7-8,11-14H2,1-2H3,(H,30,34)/b23-15-/t21-,25+,27-,28+/m1/s1. The number of aliphatic hydroxyl groups excluding tert-OH is 1. The minimum atomic E-state index is -1.25. The van der Waals surface area contributed by atoms with E-state index in [0.29, 0.717) is 30.2 Å². The first-order valence-electron chi connectivity index (χ1n) is 12.6. The molecular formula is C28H31BrN2O5. The zero-order valence-corrected chi connectivity index (χ0v) is 22.0. The number of likely N-dealkylation sites (tertiary alicyclic amines) is 1. The van der Waals surface area contributed by atoms with Gasteiger partial charge in [-0.1, -0.05) is 18.2 Å². The fourth-order valence-corrected chi connectivity index (χ4v) is 7.05. The number of halogens is 1. The molecule has 2 aromatic carbocycles. The van der Waals surface area contributed by atoms with Crippen molar-refractivity contribution in [2.24, 2.45) is 5.92 Å². The molecule has 1 amide bonds. The van der Waals surface area contributed by atoms with Crippen molar-refractivity contribution < 1.29 is 24.9 Å². The third-order valence-corrected chi connectivity index (χ3v) is 9.53. The Morgan fingerprint density at radius 1 is 1.25 bits per heavy atom. The third-order valence-electron chi connectivity index (χ3n) is 8.84. The topological polar surface area (TPSA) is 102 Å². The van der Waals surface area contributed by atoms with E-state index in [4.69, 9.17) is 4.74 Å². The van der Waals surface area contributed by atoms with E-state index in [1.807, 2.05) is 31.2 Å². The summed E-state index contributed by atoms with van der Waals surface area (Å²) in [5.41, 5.74) is 0.247. The molecule has 0 aromatic heterocycles. The van der Waals surface area contributed by atoms with E-state index in [9.17, 15) is 20.1 Å². The highest BCUT2D eigenvalue weighted by atomic mass is 79.9. The molecule has 4 N–H and O–H groups in total. The molecule has 190 valence electrons. The number of carbonyl (C=O) groups excluding carboxylic acids is 1. The van der Waals surface area contributed by atoms with Crippen LogP contribution in [0.5, 0.6) is 11.5 Å². The Kier molecular flexibility index (Phi) is 5.45. The van der Waals surface area contributed by atoms with Gasteiger partial charge in [0.2, 0.25) is 0 Å². The highest BCUT2D eigenvalue weighted by Gasteiger charge is 2.69. The maximum Gasteiger partial charge on any atom is 0.254 e. The quantitative estimate of drug-likeness (QED) is 0.322. The van der Waals surface area contributed by atoms with Crippen LogP contribution < -0.4 is 10.1 Å². The third kappa shape index (κ3) is 3.34. The number of nitrogens with zero attached hydrogens (tertiary/aromatic N) is 1. The number of para-hydroxylation sites is 1. The Bertz CT molecular complexity index is 1290. The van der Waals surface area contributed by atoms with E-state index in [1.54, 1.807) is 19.1 Å². The van der Waals surface area contributed by atoms with E-state index >= 15 is 0 Å². The van der Waals surface area contributed by atoms with Gasteiger partial charge in [-0.15, -0.1) is 0 Å². The molecule has 8 heteroatoms. The van der Waals surface area contributed by atoms with Gasteiger partial charge in [0.15, 0.2) is 17.6 Å². The summed E-state index contributed by atoms with van der Waals surface area (Å²) in [7, 11) is 0. The van der Waals surface area contributed by atoms with Crippen LogP contribution in [-0.4, -0.2) is 57.0 Å². The van der Waals surface area contributed by atoms with Crippen LogP contribution in [0.1, 0.15) is 44.2 Å². The van der Waals surface area contributed by atoms with Crippen LogP contribution in [0.15, 0.2) is 52.2 Å². The van der Waals surface area contributed by atoms with Gasteiger partial charge in [-0.05, 0) is 91.7 Å². The van der Waals surface area contributed by atoms with Crippen LogP contribution in [0.2, 0.25) is 0 Å². The highest BCUT2D eigenvalue weighted by molar-refractivity contribution is 9.10. The van der Waals surface area contributed by atoms with Crippen LogP contribution in [0.4, 0.5) is 5.69 Å². The largest absolute Gasteiger partial charge is 0.508 e. The first kappa shape index (κ1) is 23.8. The van der Waals surface area contributed by atoms with Gasteiger partial charge in [0.25, 0.3) is 5.91 Å². The summed E-state index contributed by atoms with van der Waals surface area (Å²) in [6.45, 7) is 5.10. The van der Waals surface area contributed by atoms with Crippen molar-refractivity contribution >= 4 is 27.5 Å². The van der Waals surface area contributed by atoms with Gasteiger partial charge in [0.05, 0.1) is 22.3 Å². The Balaban J connectivity index is 1.43. The monoisotopic (exact) mass is 554 g/mol. The molecule has 0 radical (unpaired) electrons. The number of piperidine rings is 1. The minimum absolute atomic E-state index is 0.0200. The summed E-state index contributed by atoms with van der Waals surface area (Å²) in [6, 6.07) is 10.6. The second-order valence-electron chi connectivity index (χ2n) is 10.9. The van der Waals surface area contributed by atoms with Crippen molar-refractivity contribution in [1.82, 2.24) is 4.90 Å². The number of carbonyl (C=O) groups is 1. The number of aliphatic hydroxyl groups is 2. The SMILES string of the molecule is C/C(C(=O)Nc1ccccc1Br)=C(/O)[C@@H]1Oc2c(O)ccc3c2[C@@]12CCN(CC1CC1)[C@H](C3)[C@@]2(C)O. The van der Waals surface area contributed by atoms with Crippen molar-refractivity contribution in [3.05, 3.63) is 63.3 Å². The van der Waals surface area contributed by atoms with Crippen LogP contribution in [-0.2, 0) is 16.6 Å². The number of ether oxygens (including phenoxy) is 1. The molecule has 4 atom stereocenters. The van der Waals surface area contributed by atoms with Crippen LogP contribution >= 0.6 is 15.9 Å². The fraction of sp³-hybridized carbons (Fsp3) is 0.464. The van der Waals surface area contributed by atoms with Crippen molar-refractivity contribution in [2.75, 3.05) is 18.4 Å². The first-order valence-corrected chi connectivity index (χ1v) is 13.4.